The molecule has 0 radical (unpaired) electrons. The number of carbonyl (C=O) groups excluding carboxylic acids is 1. The van der Waals surface area contributed by atoms with Gasteiger partial charge in [-0.3, -0.25) is 4.79 Å². The number of hydrogen-bond donors (Lipinski definition) is 2. The van der Waals surface area contributed by atoms with Gasteiger partial charge in [0.25, 0.3) is 5.91 Å². The Morgan fingerprint density at radius 2 is 1.89 bits per heavy atom. The molecule has 3 aromatic carbocycles. The number of amides is 1. The maximum absolute atomic E-state index is 12.3. The van der Waals surface area contributed by atoms with Crippen molar-refractivity contribution in [2.75, 3.05) is 5.06 Å². The normalized spacial score (nSPS) is 15.2. The van der Waals surface area contributed by atoms with Crippen molar-refractivity contribution in [3.63, 3.8) is 0 Å². The molecule has 3 aromatic rings. The van der Waals surface area contributed by atoms with E-state index in [4.69, 9.17) is 10.6 Å². The number of nitrogens with one attached hydrogen (secondary N) is 1. The molecule has 5 heteroatoms. The van der Waals surface area contributed by atoms with Gasteiger partial charge in [-0.15, -0.1) is 0 Å². The van der Waals surface area contributed by atoms with Gasteiger partial charge in [0.1, 0.15) is 6.17 Å². The molecule has 136 valence electrons. The maximum Gasteiger partial charge on any atom is 0.251 e. The van der Waals surface area contributed by atoms with E-state index in [2.05, 4.69) is 5.32 Å². The topological polar surface area (TPSA) is 67.6 Å². The Morgan fingerprint density at radius 1 is 1.07 bits per heavy atom. The third-order valence-corrected chi connectivity index (χ3v) is 4.59. The van der Waals surface area contributed by atoms with Crippen molar-refractivity contribution >= 4 is 11.6 Å². The van der Waals surface area contributed by atoms with E-state index in [1.54, 1.807) is 5.06 Å². The summed E-state index contributed by atoms with van der Waals surface area (Å²) in [4.78, 5) is 18.2. The first kappa shape index (κ1) is 17.1. The lowest BCUT2D eigenvalue weighted by Gasteiger charge is -2.22. The fraction of sp³-hybridized carbons (Fsp3) is 0.136. The van der Waals surface area contributed by atoms with Crippen LogP contribution in [-0.4, -0.2) is 5.91 Å². The van der Waals surface area contributed by atoms with E-state index in [1.165, 1.54) is 0 Å². The average molecular weight is 359 g/mol. The quantitative estimate of drug-likeness (QED) is 0.745. The molecule has 4 rings (SSSR count). The summed E-state index contributed by atoms with van der Waals surface area (Å²) in [6, 6.07) is 23.1. The van der Waals surface area contributed by atoms with Crippen molar-refractivity contribution in [2.24, 2.45) is 5.73 Å². The van der Waals surface area contributed by atoms with Gasteiger partial charge in [0.15, 0.2) is 5.75 Å². The Balaban J connectivity index is 1.47. The molecular formula is C22H21N3O2. The number of aryl methyl sites for hydroxylation is 1. The number of hydroxylamine groups is 1. The van der Waals surface area contributed by atoms with Gasteiger partial charge in [-0.1, -0.05) is 48.0 Å². The highest BCUT2D eigenvalue weighted by Gasteiger charge is 2.29. The summed E-state index contributed by atoms with van der Waals surface area (Å²) in [5, 5.41) is 4.65. The van der Waals surface area contributed by atoms with Crippen LogP contribution in [0.4, 0.5) is 5.69 Å². The molecule has 0 aliphatic carbocycles. The van der Waals surface area contributed by atoms with Crippen molar-refractivity contribution in [2.45, 2.75) is 19.6 Å². The van der Waals surface area contributed by atoms with E-state index in [9.17, 15) is 4.79 Å². The monoisotopic (exact) mass is 359 g/mol. The number of carbonyl (C=O) groups is 1. The third-order valence-electron chi connectivity index (χ3n) is 4.59. The van der Waals surface area contributed by atoms with Crippen LogP contribution in [0.2, 0.25) is 0 Å². The van der Waals surface area contributed by atoms with Crippen LogP contribution in [0.3, 0.4) is 0 Å². The fourth-order valence-corrected chi connectivity index (χ4v) is 3.18. The van der Waals surface area contributed by atoms with Crippen LogP contribution >= 0.6 is 0 Å². The summed E-state index contributed by atoms with van der Waals surface area (Å²) in [5.41, 5.74) is 10.8. The number of nitrogens with two attached hydrogens (primary N) is 1. The second-order valence-electron chi connectivity index (χ2n) is 6.62. The molecule has 0 spiro atoms. The van der Waals surface area contributed by atoms with Gasteiger partial charge in [-0.05, 0) is 42.8 Å². The summed E-state index contributed by atoms with van der Waals surface area (Å²) >= 11 is 0. The van der Waals surface area contributed by atoms with Crippen LogP contribution in [0.5, 0.6) is 5.75 Å². The minimum atomic E-state index is -0.363. The zero-order chi connectivity index (χ0) is 18.8. The van der Waals surface area contributed by atoms with Gasteiger partial charge in [0.2, 0.25) is 0 Å². The Labute approximate surface area is 158 Å². The first-order chi connectivity index (χ1) is 13.1. The van der Waals surface area contributed by atoms with Crippen molar-refractivity contribution in [1.29, 1.82) is 0 Å². The van der Waals surface area contributed by atoms with E-state index in [0.29, 0.717) is 12.1 Å². The SMILES string of the molecule is Cc1cccc(C(=O)NCc2cccc(N3Oc4ccccc4C3N)c2)c1. The molecule has 1 unspecified atom stereocenters. The number of rotatable bonds is 4. The lowest BCUT2D eigenvalue weighted by atomic mass is 10.1. The van der Waals surface area contributed by atoms with Crippen LogP contribution in [-0.2, 0) is 6.54 Å². The zero-order valence-corrected chi connectivity index (χ0v) is 15.1. The van der Waals surface area contributed by atoms with Gasteiger partial charge in [0, 0.05) is 17.7 Å². The van der Waals surface area contributed by atoms with Crippen LogP contribution in [0.25, 0.3) is 0 Å². The van der Waals surface area contributed by atoms with E-state index >= 15 is 0 Å². The number of anilines is 1. The highest BCUT2D eigenvalue weighted by molar-refractivity contribution is 5.94. The predicted molar refractivity (Wildman–Crippen MR) is 105 cm³/mol. The first-order valence-electron chi connectivity index (χ1n) is 8.87. The second-order valence-corrected chi connectivity index (χ2v) is 6.62. The number of fused-ring (bicyclic) bond motifs is 1. The zero-order valence-electron chi connectivity index (χ0n) is 15.1. The van der Waals surface area contributed by atoms with Gasteiger partial charge in [-0.2, -0.15) is 5.06 Å². The minimum Gasteiger partial charge on any atom is -0.377 e. The largest absolute Gasteiger partial charge is 0.377 e. The summed E-state index contributed by atoms with van der Waals surface area (Å²) in [5.74, 6) is 0.675. The third kappa shape index (κ3) is 3.50. The molecule has 0 saturated heterocycles. The van der Waals surface area contributed by atoms with Crippen molar-refractivity contribution in [1.82, 2.24) is 5.32 Å². The first-order valence-corrected chi connectivity index (χ1v) is 8.87. The molecule has 0 aromatic heterocycles. The van der Waals surface area contributed by atoms with Crippen LogP contribution < -0.4 is 21.0 Å². The molecule has 1 aliphatic rings. The summed E-state index contributed by atoms with van der Waals surface area (Å²) in [7, 11) is 0. The Hall–Kier alpha value is -3.31. The molecule has 0 bridgehead atoms. The molecule has 27 heavy (non-hydrogen) atoms. The lowest BCUT2D eigenvalue weighted by Crippen LogP contribution is -2.31. The van der Waals surface area contributed by atoms with Crippen molar-refractivity contribution < 1.29 is 9.63 Å². The van der Waals surface area contributed by atoms with E-state index in [1.807, 2.05) is 79.7 Å². The second kappa shape index (κ2) is 7.13. The van der Waals surface area contributed by atoms with Crippen LogP contribution in [0, 0.1) is 6.92 Å². The number of nitrogens with zero attached hydrogens (tertiary/aromatic N) is 1. The highest BCUT2D eigenvalue weighted by Crippen LogP contribution is 2.37. The standard InChI is InChI=1S/C22H21N3O2/c1-15-6-4-8-17(12-15)22(26)24-14-16-7-5-9-18(13-16)25-21(23)19-10-2-3-11-20(19)27-25/h2-13,21H,14,23H2,1H3,(H,24,26). The summed E-state index contributed by atoms with van der Waals surface area (Å²) in [6.07, 6.45) is -0.363. The number of benzene rings is 3. The maximum atomic E-state index is 12.3. The van der Waals surface area contributed by atoms with Gasteiger partial charge < -0.3 is 15.9 Å². The molecule has 1 atom stereocenters. The molecule has 0 fully saturated rings. The van der Waals surface area contributed by atoms with Crippen LogP contribution in [0.15, 0.2) is 72.8 Å². The van der Waals surface area contributed by atoms with Gasteiger partial charge in [0.05, 0.1) is 5.69 Å². The van der Waals surface area contributed by atoms with E-state index in [0.717, 1.165) is 28.1 Å². The molecule has 1 amide bonds. The van der Waals surface area contributed by atoms with Crippen LogP contribution in [0.1, 0.15) is 33.2 Å². The fourth-order valence-electron chi connectivity index (χ4n) is 3.18. The predicted octanol–water partition coefficient (Wildman–Crippen LogP) is 3.70. The summed E-state index contributed by atoms with van der Waals surface area (Å²) < 4.78 is 0. The smallest absolute Gasteiger partial charge is 0.251 e. The van der Waals surface area contributed by atoms with Gasteiger partial charge >= 0.3 is 0 Å². The van der Waals surface area contributed by atoms with Crippen molar-refractivity contribution in [3.8, 4) is 5.75 Å². The van der Waals surface area contributed by atoms with E-state index in [-0.39, 0.29) is 12.1 Å². The average Bonchev–Trinajstić information content (AvgIpc) is 3.03. The van der Waals surface area contributed by atoms with E-state index < -0.39 is 0 Å². The molecule has 3 N–H and O–H groups in total. The number of hydrogen-bond acceptors (Lipinski definition) is 4. The van der Waals surface area contributed by atoms with Crippen molar-refractivity contribution in [3.05, 3.63) is 95.1 Å². The Morgan fingerprint density at radius 3 is 2.70 bits per heavy atom. The minimum absolute atomic E-state index is 0.0920. The molecule has 5 nitrogen and oxygen atoms in total. The lowest BCUT2D eigenvalue weighted by molar-refractivity contribution is 0.0951. The highest BCUT2D eigenvalue weighted by atomic mass is 16.7. The Kier molecular flexibility index (Phi) is 4.52. The molecule has 0 saturated carbocycles. The molecule has 1 aliphatic heterocycles. The Bertz CT molecular complexity index is 987. The number of para-hydroxylation sites is 1. The molecular weight excluding hydrogens is 338 g/mol. The van der Waals surface area contributed by atoms with Gasteiger partial charge in [-0.25, -0.2) is 0 Å². The molecule has 1 heterocycles. The summed E-state index contributed by atoms with van der Waals surface area (Å²) in [6.45, 7) is 2.40.